The van der Waals surface area contributed by atoms with Gasteiger partial charge in [0.15, 0.2) is 0 Å². The summed E-state index contributed by atoms with van der Waals surface area (Å²) in [6.07, 6.45) is 0. The zero-order valence-electron chi connectivity index (χ0n) is 30.9. The zero-order valence-corrected chi connectivity index (χ0v) is 30.9. The van der Waals surface area contributed by atoms with Crippen LogP contribution in [0.25, 0.3) is 92.9 Å². The van der Waals surface area contributed by atoms with Crippen LogP contribution in [0.15, 0.2) is 211 Å². The molecule has 3 heteroatoms. The van der Waals surface area contributed by atoms with Crippen LogP contribution in [0.4, 0.5) is 17.1 Å². The van der Waals surface area contributed by atoms with Crippen molar-refractivity contribution in [1.29, 1.82) is 0 Å². The molecule has 0 fully saturated rings. The molecule has 266 valence electrons. The van der Waals surface area contributed by atoms with Crippen molar-refractivity contribution in [2.24, 2.45) is 0 Å². The Morgan fingerprint density at radius 1 is 0.368 bits per heavy atom. The molecule has 0 spiro atoms. The smallest absolute Gasteiger partial charge is 0.143 e. The summed E-state index contributed by atoms with van der Waals surface area (Å²) in [5, 5.41) is 12.0. The fourth-order valence-corrected chi connectivity index (χ4v) is 9.15. The van der Waals surface area contributed by atoms with E-state index < -0.39 is 0 Å². The number of fused-ring (bicyclic) bond motifs is 11. The zero-order chi connectivity index (χ0) is 37.5. The number of aromatic nitrogens is 1. The fraction of sp³-hybridized carbons (Fsp3) is 0. The van der Waals surface area contributed by atoms with E-state index in [1.54, 1.807) is 0 Å². The number of benzene rings is 10. The van der Waals surface area contributed by atoms with E-state index in [2.05, 4.69) is 216 Å². The highest BCUT2D eigenvalue weighted by Crippen LogP contribution is 2.47. The molecule has 0 bridgehead atoms. The van der Waals surface area contributed by atoms with Gasteiger partial charge in [0.25, 0.3) is 0 Å². The highest BCUT2D eigenvalue weighted by Gasteiger charge is 2.24. The molecule has 3 nitrogen and oxygen atoms in total. The number of hydrogen-bond acceptors (Lipinski definition) is 2. The molecular formula is C54H34N2O. The van der Waals surface area contributed by atoms with Crippen LogP contribution in [0.2, 0.25) is 0 Å². The van der Waals surface area contributed by atoms with Gasteiger partial charge >= 0.3 is 0 Å². The Kier molecular flexibility index (Phi) is 6.93. The molecular weight excluding hydrogens is 693 g/mol. The van der Waals surface area contributed by atoms with Crippen LogP contribution in [0, 0.1) is 0 Å². The summed E-state index contributed by atoms with van der Waals surface area (Å²) in [5.74, 6) is 0. The molecule has 0 saturated carbocycles. The van der Waals surface area contributed by atoms with Crippen molar-refractivity contribution in [1.82, 2.24) is 4.57 Å². The van der Waals surface area contributed by atoms with E-state index in [4.69, 9.17) is 4.42 Å². The fourth-order valence-electron chi connectivity index (χ4n) is 9.15. The van der Waals surface area contributed by atoms with Crippen LogP contribution in [0.3, 0.4) is 0 Å². The minimum atomic E-state index is 0.860. The summed E-state index contributed by atoms with van der Waals surface area (Å²) in [6, 6.07) is 74.5. The van der Waals surface area contributed by atoms with Crippen LogP contribution in [0.1, 0.15) is 0 Å². The van der Waals surface area contributed by atoms with Gasteiger partial charge < -0.3 is 13.9 Å². The number of anilines is 3. The highest BCUT2D eigenvalue weighted by molar-refractivity contribution is 6.20. The lowest BCUT2D eigenvalue weighted by Crippen LogP contribution is -2.13. The lowest BCUT2D eigenvalue weighted by molar-refractivity contribution is 0.672. The second kappa shape index (κ2) is 12.5. The topological polar surface area (TPSA) is 21.3 Å². The molecule has 10 aromatic carbocycles. The van der Waals surface area contributed by atoms with Crippen LogP contribution in [-0.2, 0) is 0 Å². The molecule has 0 saturated heterocycles. The molecule has 0 aliphatic carbocycles. The minimum absolute atomic E-state index is 0.860. The van der Waals surface area contributed by atoms with E-state index in [0.29, 0.717) is 0 Å². The third-order valence-corrected chi connectivity index (χ3v) is 11.8. The quantitative estimate of drug-likeness (QED) is 0.165. The van der Waals surface area contributed by atoms with Crippen molar-refractivity contribution in [3.8, 4) is 16.8 Å². The predicted octanol–water partition coefficient (Wildman–Crippen LogP) is 15.3. The molecule has 0 radical (unpaired) electrons. The van der Waals surface area contributed by atoms with Gasteiger partial charge in [0, 0.05) is 27.2 Å². The van der Waals surface area contributed by atoms with Crippen LogP contribution in [0.5, 0.6) is 0 Å². The summed E-state index contributed by atoms with van der Waals surface area (Å²) in [4.78, 5) is 2.42. The second-order valence-electron chi connectivity index (χ2n) is 14.9. The lowest BCUT2D eigenvalue weighted by atomic mass is 9.97. The molecule has 0 amide bonds. The summed E-state index contributed by atoms with van der Waals surface area (Å²) < 4.78 is 9.17. The van der Waals surface area contributed by atoms with Gasteiger partial charge in [-0.1, -0.05) is 146 Å². The van der Waals surface area contributed by atoms with Gasteiger partial charge in [0.05, 0.1) is 33.5 Å². The Labute approximate surface area is 328 Å². The van der Waals surface area contributed by atoms with Crippen molar-refractivity contribution in [2.45, 2.75) is 0 Å². The number of hydrogen-bond donors (Lipinski definition) is 0. The number of para-hydroxylation sites is 4. The van der Waals surface area contributed by atoms with E-state index in [-0.39, 0.29) is 0 Å². The molecule has 0 unspecified atom stereocenters. The summed E-state index contributed by atoms with van der Waals surface area (Å²) in [7, 11) is 0. The number of nitrogens with zero attached hydrogens (tertiary/aromatic N) is 2. The number of rotatable bonds is 5. The van der Waals surface area contributed by atoms with Crippen molar-refractivity contribution >= 4 is 93.1 Å². The van der Waals surface area contributed by atoms with Crippen molar-refractivity contribution in [3.63, 3.8) is 0 Å². The largest absolute Gasteiger partial charge is 0.455 e. The van der Waals surface area contributed by atoms with E-state index >= 15 is 0 Å². The van der Waals surface area contributed by atoms with Gasteiger partial charge in [0.2, 0.25) is 0 Å². The summed E-state index contributed by atoms with van der Waals surface area (Å²) >= 11 is 0. The van der Waals surface area contributed by atoms with Crippen LogP contribution < -0.4 is 4.90 Å². The number of furan rings is 1. The van der Waals surface area contributed by atoms with Gasteiger partial charge in [0.1, 0.15) is 11.2 Å². The molecule has 12 rings (SSSR count). The minimum Gasteiger partial charge on any atom is -0.455 e. The Morgan fingerprint density at radius 2 is 0.930 bits per heavy atom. The Morgan fingerprint density at radius 3 is 1.72 bits per heavy atom. The average Bonchev–Trinajstić information content (AvgIpc) is 3.83. The maximum absolute atomic E-state index is 6.75. The Balaban J connectivity index is 1.09. The van der Waals surface area contributed by atoms with E-state index in [9.17, 15) is 0 Å². The van der Waals surface area contributed by atoms with Gasteiger partial charge in [-0.3, -0.25) is 0 Å². The van der Waals surface area contributed by atoms with Crippen LogP contribution >= 0.6 is 0 Å². The molecule has 0 atom stereocenters. The first-order chi connectivity index (χ1) is 28.3. The molecule has 0 aliphatic rings. The van der Waals surface area contributed by atoms with Gasteiger partial charge in [-0.2, -0.15) is 0 Å². The van der Waals surface area contributed by atoms with E-state index in [1.165, 1.54) is 54.5 Å². The summed E-state index contributed by atoms with van der Waals surface area (Å²) in [6.45, 7) is 0. The SMILES string of the molecule is c1ccc(-n2c3ccccc3c3ccccc32)c(N(c2ccc(-c3ccc4c(ccc5ccccc54)c3)cc2)c2cccc3oc4c5ccccc5ccc4c23)c1. The third-order valence-electron chi connectivity index (χ3n) is 11.8. The van der Waals surface area contributed by atoms with Gasteiger partial charge in [-0.05, 0) is 98.7 Å². The normalized spacial score (nSPS) is 11.9. The maximum atomic E-state index is 6.75. The van der Waals surface area contributed by atoms with Gasteiger partial charge in [-0.25, -0.2) is 0 Å². The summed E-state index contributed by atoms with van der Waals surface area (Å²) in [5.41, 5.74) is 10.7. The maximum Gasteiger partial charge on any atom is 0.143 e. The first kappa shape index (κ1) is 31.7. The monoisotopic (exact) mass is 726 g/mol. The Bertz CT molecular complexity index is 3480. The van der Waals surface area contributed by atoms with E-state index in [1.807, 2.05) is 0 Å². The van der Waals surface area contributed by atoms with Gasteiger partial charge in [-0.15, -0.1) is 0 Å². The molecule has 2 aromatic heterocycles. The van der Waals surface area contributed by atoms with Crippen molar-refractivity contribution < 1.29 is 4.42 Å². The van der Waals surface area contributed by atoms with Crippen molar-refractivity contribution in [3.05, 3.63) is 206 Å². The van der Waals surface area contributed by atoms with Crippen LogP contribution in [-0.4, -0.2) is 4.57 Å². The third kappa shape index (κ3) is 4.86. The lowest BCUT2D eigenvalue weighted by Gasteiger charge is -2.29. The average molecular weight is 727 g/mol. The highest BCUT2D eigenvalue weighted by atomic mass is 16.3. The Hall–Kier alpha value is -7.62. The molecule has 0 aliphatic heterocycles. The molecule has 12 aromatic rings. The van der Waals surface area contributed by atoms with E-state index in [0.717, 1.165) is 55.5 Å². The molecule has 0 N–H and O–H groups in total. The van der Waals surface area contributed by atoms with Crippen molar-refractivity contribution in [2.75, 3.05) is 4.90 Å². The second-order valence-corrected chi connectivity index (χ2v) is 14.9. The first-order valence-electron chi connectivity index (χ1n) is 19.5. The first-order valence-corrected chi connectivity index (χ1v) is 19.5. The molecule has 57 heavy (non-hydrogen) atoms. The molecule has 2 heterocycles. The standard InChI is InChI=1S/C54H34N2O/c1-3-14-41-36(12-1)24-25-39-34-38(29-32-42(39)41)35-26-30-40(31-27-35)55(51-22-11-23-52-53(51)46-33-28-37-13-2-4-15-43(37)54(46)57-52)49-20-9-10-21-50(49)56-47-18-7-5-16-44(47)45-17-6-8-19-48(45)56/h1-34H. The predicted molar refractivity (Wildman–Crippen MR) is 241 cm³/mol.